The molecule has 4 rings (SSSR count). The standard InChI is InChI=1S/C25H28N4O2/c1-5-7-22(17(2)12-24-27-18(3)13-25(30)28(24)4)29-10-9-21-20(16-29)14-19(15-26-21)23-8-6-11-31-23/h6-8,11-15H,5,9-10,16H2,1-4H3/b17-12-,22-7-. The molecule has 31 heavy (non-hydrogen) atoms. The van der Waals surface area contributed by atoms with Gasteiger partial charge >= 0.3 is 0 Å². The van der Waals surface area contributed by atoms with Gasteiger partial charge in [-0.3, -0.25) is 14.3 Å². The predicted molar refractivity (Wildman–Crippen MR) is 122 cm³/mol. The molecule has 4 heterocycles. The highest BCUT2D eigenvalue weighted by molar-refractivity contribution is 5.58. The van der Waals surface area contributed by atoms with Gasteiger partial charge in [0.05, 0.1) is 6.26 Å². The van der Waals surface area contributed by atoms with Crippen LogP contribution >= 0.6 is 0 Å². The van der Waals surface area contributed by atoms with E-state index in [1.165, 1.54) is 11.3 Å². The molecule has 0 saturated carbocycles. The topological polar surface area (TPSA) is 64.2 Å². The molecule has 160 valence electrons. The van der Waals surface area contributed by atoms with Crippen LogP contribution in [-0.2, 0) is 20.0 Å². The first-order valence-corrected chi connectivity index (χ1v) is 10.7. The summed E-state index contributed by atoms with van der Waals surface area (Å²) in [6, 6.07) is 7.59. The van der Waals surface area contributed by atoms with Crippen molar-refractivity contribution in [3.8, 4) is 11.3 Å². The number of aryl methyl sites for hydroxylation is 1. The Bertz CT molecular complexity index is 1200. The number of hydrogen-bond acceptors (Lipinski definition) is 5. The molecule has 0 bridgehead atoms. The lowest BCUT2D eigenvalue weighted by atomic mass is 10.0. The van der Waals surface area contributed by atoms with E-state index < -0.39 is 0 Å². The molecule has 0 atom stereocenters. The van der Waals surface area contributed by atoms with Crippen molar-refractivity contribution in [2.24, 2.45) is 7.05 Å². The van der Waals surface area contributed by atoms with Crippen LogP contribution in [0.5, 0.6) is 0 Å². The Hall–Kier alpha value is -3.41. The maximum Gasteiger partial charge on any atom is 0.253 e. The summed E-state index contributed by atoms with van der Waals surface area (Å²) in [7, 11) is 1.76. The summed E-state index contributed by atoms with van der Waals surface area (Å²) in [4.78, 5) is 23.8. The second-order valence-electron chi connectivity index (χ2n) is 7.96. The molecule has 3 aromatic heterocycles. The molecular weight excluding hydrogens is 388 g/mol. The van der Waals surface area contributed by atoms with Crippen molar-refractivity contribution in [3.05, 3.63) is 87.2 Å². The van der Waals surface area contributed by atoms with Crippen LogP contribution in [-0.4, -0.2) is 26.0 Å². The summed E-state index contributed by atoms with van der Waals surface area (Å²) in [5, 5.41) is 0. The van der Waals surface area contributed by atoms with Crippen LogP contribution in [0.2, 0.25) is 0 Å². The third kappa shape index (κ3) is 4.38. The van der Waals surface area contributed by atoms with E-state index in [9.17, 15) is 4.79 Å². The predicted octanol–water partition coefficient (Wildman–Crippen LogP) is 4.50. The van der Waals surface area contributed by atoms with Gasteiger partial charge in [-0.25, -0.2) is 4.98 Å². The molecule has 0 spiro atoms. The third-order valence-corrected chi connectivity index (χ3v) is 5.63. The highest BCUT2D eigenvalue weighted by Gasteiger charge is 2.21. The Morgan fingerprint density at radius 1 is 1.32 bits per heavy atom. The van der Waals surface area contributed by atoms with E-state index in [0.29, 0.717) is 5.82 Å². The summed E-state index contributed by atoms with van der Waals surface area (Å²) >= 11 is 0. The molecule has 1 aliphatic heterocycles. The van der Waals surface area contributed by atoms with Gasteiger partial charge in [0.1, 0.15) is 11.6 Å². The molecule has 0 aromatic carbocycles. The summed E-state index contributed by atoms with van der Waals surface area (Å²) in [6.45, 7) is 7.76. The van der Waals surface area contributed by atoms with E-state index in [0.717, 1.165) is 54.2 Å². The fourth-order valence-corrected chi connectivity index (χ4v) is 4.02. The first-order chi connectivity index (χ1) is 15.0. The van der Waals surface area contributed by atoms with E-state index in [4.69, 9.17) is 4.42 Å². The Balaban J connectivity index is 1.65. The van der Waals surface area contributed by atoms with Crippen LogP contribution in [0.25, 0.3) is 17.4 Å². The van der Waals surface area contributed by atoms with Crippen molar-refractivity contribution in [1.29, 1.82) is 0 Å². The van der Waals surface area contributed by atoms with Crippen molar-refractivity contribution in [1.82, 2.24) is 19.4 Å². The molecule has 6 heteroatoms. The summed E-state index contributed by atoms with van der Waals surface area (Å²) in [5.74, 6) is 1.50. The number of hydrogen-bond donors (Lipinski definition) is 0. The van der Waals surface area contributed by atoms with Crippen molar-refractivity contribution >= 4 is 6.08 Å². The molecule has 0 N–H and O–H groups in total. The zero-order valence-electron chi connectivity index (χ0n) is 18.6. The van der Waals surface area contributed by atoms with E-state index in [1.807, 2.05) is 31.3 Å². The highest BCUT2D eigenvalue weighted by atomic mass is 16.3. The van der Waals surface area contributed by atoms with Crippen molar-refractivity contribution < 1.29 is 4.42 Å². The third-order valence-electron chi connectivity index (χ3n) is 5.63. The van der Waals surface area contributed by atoms with Gasteiger partial charge in [0.2, 0.25) is 0 Å². The summed E-state index contributed by atoms with van der Waals surface area (Å²) in [5.41, 5.74) is 6.31. The number of allylic oxidation sites excluding steroid dienone is 2. The first kappa shape index (κ1) is 20.8. The Morgan fingerprint density at radius 3 is 2.90 bits per heavy atom. The van der Waals surface area contributed by atoms with Gasteiger partial charge in [0.15, 0.2) is 0 Å². The second-order valence-corrected chi connectivity index (χ2v) is 7.96. The van der Waals surface area contributed by atoms with Crippen LogP contribution in [0, 0.1) is 6.92 Å². The fourth-order valence-electron chi connectivity index (χ4n) is 4.02. The average molecular weight is 417 g/mol. The molecule has 0 unspecified atom stereocenters. The van der Waals surface area contributed by atoms with Crippen molar-refractivity contribution in [2.45, 2.75) is 40.2 Å². The van der Waals surface area contributed by atoms with Crippen LogP contribution in [0.1, 0.15) is 43.0 Å². The minimum atomic E-state index is -0.0454. The lowest BCUT2D eigenvalue weighted by Crippen LogP contribution is -2.31. The van der Waals surface area contributed by atoms with E-state index in [2.05, 4.69) is 40.9 Å². The lowest BCUT2D eigenvalue weighted by Gasteiger charge is -2.33. The summed E-state index contributed by atoms with van der Waals surface area (Å²) in [6.07, 6.45) is 9.64. The van der Waals surface area contributed by atoms with Gasteiger partial charge in [-0.1, -0.05) is 13.0 Å². The molecule has 3 aromatic rings. The van der Waals surface area contributed by atoms with Gasteiger partial charge < -0.3 is 9.32 Å². The average Bonchev–Trinajstić information content (AvgIpc) is 3.29. The number of fused-ring (bicyclic) bond motifs is 1. The van der Waals surface area contributed by atoms with Crippen molar-refractivity contribution in [2.75, 3.05) is 6.54 Å². The van der Waals surface area contributed by atoms with Gasteiger partial charge in [-0.15, -0.1) is 0 Å². The number of nitrogens with zero attached hydrogens (tertiary/aromatic N) is 4. The largest absolute Gasteiger partial charge is 0.464 e. The number of pyridine rings is 1. The maximum atomic E-state index is 12.2. The van der Waals surface area contributed by atoms with Crippen LogP contribution < -0.4 is 5.56 Å². The number of rotatable bonds is 5. The van der Waals surface area contributed by atoms with Crippen LogP contribution in [0.4, 0.5) is 0 Å². The van der Waals surface area contributed by atoms with Gasteiger partial charge in [-0.2, -0.15) is 0 Å². The first-order valence-electron chi connectivity index (χ1n) is 10.7. The Kier molecular flexibility index (Phi) is 5.89. The Labute approximate surface area is 182 Å². The molecule has 6 nitrogen and oxygen atoms in total. The monoisotopic (exact) mass is 416 g/mol. The Morgan fingerprint density at radius 2 is 2.16 bits per heavy atom. The van der Waals surface area contributed by atoms with Gasteiger partial charge in [0, 0.05) is 61.5 Å². The SMILES string of the molecule is CC/C=C(/C(C)=C\c1nc(C)cc(=O)n1C)N1CCc2ncc(-c3ccco3)cc2C1. The molecule has 0 saturated heterocycles. The smallest absolute Gasteiger partial charge is 0.253 e. The van der Waals surface area contributed by atoms with Crippen LogP contribution in [0.15, 0.2) is 63.3 Å². The number of aromatic nitrogens is 3. The van der Waals surface area contributed by atoms with Crippen LogP contribution in [0.3, 0.4) is 0 Å². The van der Waals surface area contributed by atoms with Gasteiger partial charge in [0.25, 0.3) is 5.56 Å². The quantitative estimate of drug-likeness (QED) is 0.573. The van der Waals surface area contributed by atoms with E-state index in [-0.39, 0.29) is 5.56 Å². The minimum absolute atomic E-state index is 0.0454. The van der Waals surface area contributed by atoms with E-state index >= 15 is 0 Å². The highest BCUT2D eigenvalue weighted by Crippen LogP contribution is 2.28. The fraction of sp³-hybridized carbons (Fsp3) is 0.320. The minimum Gasteiger partial charge on any atom is -0.464 e. The second kappa shape index (κ2) is 8.76. The zero-order chi connectivity index (χ0) is 22.0. The molecule has 0 amide bonds. The number of furan rings is 1. The molecule has 1 aliphatic rings. The molecule has 0 aliphatic carbocycles. The molecule has 0 radical (unpaired) electrons. The molecule has 0 fully saturated rings. The van der Waals surface area contributed by atoms with Crippen molar-refractivity contribution in [3.63, 3.8) is 0 Å². The lowest BCUT2D eigenvalue weighted by molar-refractivity contribution is 0.324. The van der Waals surface area contributed by atoms with Gasteiger partial charge in [-0.05, 0) is 55.7 Å². The van der Waals surface area contributed by atoms with E-state index in [1.54, 1.807) is 23.9 Å². The normalized spacial score (nSPS) is 14.6. The zero-order valence-corrected chi connectivity index (χ0v) is 18.6. The maximum absolute atomic E-state index is 12.2. The molecular formula is C25H28N4O2. The summed E-state index contributed by atoms with van der Waals surface area (Å²) < 4.78 is 7.14.